The number of hydrogen-bond donors (Lipinski definition) is 3. The van der Waals surface area contributed by atoms with E-state index in [9.17, 15) is 15.3 Å². The molecular formula is C16H13BrO3. The number of benzene rings is 2. The molecule has 0 saturated carbocycles. The topological polar surface area (TPSA) is 60.7 Å². The third-order valence-electron chi connectivity index (χ3n) is 4.45. The summed E-state index contributed by atoms with van der Waals surface area (Å²) in [6.07, 6.45) is -2.06. The van der Waals surface area contributed by atoms with Gasteiger partial charge in [-0.2, -0.15) is 0 Å². The predicted molar refractivity (Wildman–Crippen MR) is 78.6 cm³/mol. The Labute approximate surface area is 124 Å². The fourth-order valence-electron chi connectivity index (χ4n) is 3.53. The number of aliphatic hydroxyl groups excluding tert-OH is 2. The van der Waals surface area contributed by atoms with Gasteiger partial charge in [0.2, 0.25) is 0 Å². The molecule has 3 N–H and O–H groups in total. The van der Waals surface area contributed by atoms with Crippen molar-refractivity contribution in [3.8, 4) is 11.1 Å². The average Bonchev–Trinajstić information content (AvgIpc) is 2.75. The number of halogens is 1. The van der Waals surface area contributed by atoms with Crippen molar-refractivity contribution in [2.24, 2.45) is 0 Å². The number of aliphatic hydroxyl groups is 3. The van der Waals surface area contributed by atoms with E-state index in [1.807, 2.05) is 36.4 Å². The lowest BCUT2D eigenvalue weighted by Crippen LogP contribution is -2.49. The molecule has 0 bridgehead atoms. The molecule has 4 heteroatoms. The summed E-state index contributed by atoms with van der Waals surface area (Å²) in [5.41, 5.74) is 2.66. The Morgan fingerprint density at radius 1 is 0.950 bits per heavy atom. The fourth-order valence-corrected chi connectivity index (χ4v) is 4.29. The zero-order valence-corrected chi connectivity index (χ0v) is 12.1. The van der Waals surface area contributed by atoms with Crippen LogP contribution in [0.5, 0.6) is 0 Å². The van der Waals surface area contributed by atoms with E-state index >= 15 is 0 Å². The third kappa shape index (κ3) is 1.26. The van der Waals surface area contributed by atoms with E-state index < -0.39 is 22.6 Å². The molecule has 0 heterocycles. The molecule has 2 aliphatic rings. The quantitative estimate of drug-likeness (QED) is 0.647. The molecular weight excluding hydrogens is 320 g/mol. The van der Waals surface area contributed by atoms with Crippen molar-refractivity contribution in [1.29, 1.82) is 0 Å². The summed E-state index contributed by atoms with van der Waals surface area (Å²) in [5, 5.41) is 31.8. The largest absolute Gasteiger partial charge is 0.389 e. The highest BCUT2D eigenvalue weighted by Crippen LogP contribution is 2.57. The summed E-state index contributed by atoms with van der Waals surface area (Å²) in [6, 6.07) is 13.2. The van der Waals surface area contributed by atoms with Gasteiger partial charge < -0.3 is 15.3 Å². The zero-order chi connectivity index (χ0) is 14.1. The molecule has 0 aliphatic heterocycles. The molecule has 4 rings (SSSR count). The van der Waals surface area contributed by atoms with E-state index in [-0.39, 0.29) is 0 Å². The molecule has 0 amide bonds. The van der Waals surface area contributed by atoms with E-state index in [1.165, 1.54) is 0 Å². The second kappa shape index (κ2) is 3.92. The molecule has 0 aromatic heterocycles. The summed E-state index contributed by atoms with van der Waals surface area (Å²) in [4.78, 5) is -0.651. The van der Waals surface area contributed by atoms with Gasteiger partial charge in [0, 0.05) is 5.56 Å². The highest BCUT2D eigenvalue weighted by atomic mass is 79.9. The Morgan fingerprint density at radius 3 is 2.45 bits per heavy atom. The van der Waals surface area contributed by atoms with Crippen LogP contribution in [-0.2, 0) is 5.60 Å². The van der Waals surface area contributed by atoms with Gasteiger partial charge in [-0.05, 0) is 22.3 Å². The first-order chi connectivity index (χ1) is 9.56. The predicted octanol–water partition coefficient (Wildman–Crippen LogP) is 2.07. The number of rotatable bonds is 0. The summed E-state index contributed by atoms with van der Waals surface area (Å²) >= 11 is 3.39. The van der Waals surface area contributed by atoms with Crippen LogP contribution in [0.3, 0.4) is 0 Å². The molecule has 20 heavy (non-hydrogen) atoms. The van der Waals surface area contributed by atoms with Gasteiger partial charge in [-0.3, -0.25) is 0 Å². The van der Waals surface area contributed by atoms with Crippen LogP contribution in [0.4, 0.5) is 0 Å². The van der Waals surface area contributed by atoms with Gasteiger partial charge in [0.15, 0.2) is 0 Å². The molecule has 102 valence electrons. The molecule has 2 aromatic rings. The monoisotopic (exact) mass is 332 g/mol. The molecule has 0 saturated heterocycles. The van der Waals surface area contributed by atoms with Crippen molar-refractivity contribution in [1.82, 2.24) is 0 Å². The Kier molecular flexibility index (Phi) is 2.46. The summed E-state index contributed by atoms with van der Waals surface area (Å²) in [6.45, 7) is 0. The van der Waals surface area contributed by atoms with Crippen LogP contribution in [0.25, 0.3) is 11.1 Å². The first kappa shape index (κ1) is 12.5. The second-order valence-electron chi connectivity index (χ2n) is 5.42. The minimum Gasteiger partial charge on any atom is -0.389 e. The highest BCUT2D eigenvalue weighted by molar-refractivity contribution is 9.09. The van der Waals surface area contributed by atoms with Crippen LogP contribution < -0.4 is 0 Å². The van der Waals surface area contributed by atoms with Crippen LogP contribution in [0.15, 0.2) is 42.5 Å². The van der Waals surface area contributed by atoms with Crippen LogP contribution in [0.2, 0.25) is 0 Å². The molecule has 4 atom stereocenters. The molecule has 0 unspecified atom stereocenters. The van der Waals surface area contributed by atoms with E-state index in [1.54, 1.807) is 6.07 Å². The standard InChI is InChI=1S/C16H13BrO3/c17-15-14(19)13(18)10-6-3-5-9-8-4-1-2-7-11(8)16(15,20)12(9)10/h1-7,13-15,18-20H/t13-,14+,15+,16+/m0/s1. The molecule has 0 spiro atoms. The molecule has 0 radical (unpaired) electrons. The first-order valence-electron chi connectivity index (χ1n) is 6.52. The first-order valence-corrected chi connectivity index (χ1v) is 7.44. The third-order valence-corrected chi connectivity index (χ3v) is 5.65. The average molecular weight is 333 g/mol. The van der Waals surface area contributed by atoms with Gasteiger partial charge in [-0.15, -0.1) is 0 Å². The van der Waals surface area contributed by atoms with E-state index in [0.717, 1.165) is 16.7 Å². The van der Waals surface area contributed by atoms with Gasteiger partial charge in [-0.25, -0.2) is 0 Å². The summed E-state index contributed by atoms with van der Waals surface area (Å²) in [5.74, 6) is 0. The Balaban J connectivity index is 2.15. The van der Waals surface area contributed by atoms with Gasteiger partial charge in [0.1, 0.15) is 17.8 Å². The van der Waals surface area contributed by atoms with Crippen molar-refractivity contribution in [2.45, 2.75) is 22.6 Å². The van der Waals surface area contributed by atoms with Crippen molar-refractivity contribution in [2.75, 3.05) is 0 Å². The van der Waals surface area contributed by atoms with Gasteiger partial charge in [0.25, 0.3) is 0 Å². The maximum Gasteiger partial charge on any atom is 0.131 e. The van der Waals surface area contributed by atoms with E-state index in [2.05, 4.69) is 15.9 Å². The van der Waals surface area contributed by atoms with Crippen molar-refractivity contribution in [3.05, 3.63) is 59.2 Å². The van der Waals surface area contributed by atoms with Crippen molar-refractivity contribution in [3.63, 3.8) is 0 Å². The molecule has 2 aliphatic carbocycles. The molecule has 2 aromatic carbocycles. The lowest BCUT2D eigenvalue weighted by molar-refractivity contribution is -0.0483. The fraction of sp³-hybridized carbons (Fsp3) is 0.250. The molecule has 3 nitrogen and oxygen atoms in total. The number of alkyl halides is 1. The van der Waals surface area contributed by atoms with E-state index in [4.69, 9.17) is 0 Å². The normalized spacial score (nSPS) is 33.7. The Hall–Kier alpha value is -1.20. The number of hydrogen-bond acceptors (Lipinski definition) is 3. The van der Waals surface area contributed by atoms with Crippen molar-refractivity contribution >= 4 is 15.9 Å². The van der Waals surface area contributed by atoms with E-state index in [0.29, 0.717) is 11.1 Å². The maximum atomic E-state index is 11.3. The number of fused-ring (bicyclic) bond motifs is 3. The Morgan fingerprint density at radius 2 is 1.65 bits per heavy atom. The van der Waals surface area contributed by atoms with Crippen molar-refractivity contribution < 1.29 is 15.3 Å². The maximum absolute atomic E-state index is 11.3. The minimum absolute atomic E-state index is 0.601. The highest BCUT2D eigenvalue weighted by Gasteiger charge is 2.55. The minimum atomic E-state index is -1.30. The second-order valence-corrected chi connectivity index (χ2v) is 6.41. The zero-order valence-electron chi connectivity index (χ0n) is 10.5. The smallest absolute Gasteiger partial charge is 0.131 e. The lowest BCUT2D eigenvalue weighted by atomic mass is 9.75. The van der Waals surface area contributed by atoms with Gasteiger partial charge in [-0.1, -0.05) is 58.4 Å². The van der Waals surface area contributed by atoms with Crippen LogP contribution >= 0.6 is 15.9 Å². The molecule has 0 fully saturated rings. The summed E-state index contributed by atoms with van der Waals surface area (Å²) in [7, 11) is 0. The Bertz CT molecular complexity index is 715. The van der Waals surface area contributed by atoms with Crippen LogP contribution in [0.1, 0.15) is 22.8 Å². The SMILES string of the molecule is O[C@H]1[C@@H](Br)[C@@]2(O)c3ccccc3-c3cccc(c32)[C@@H]1O. The summed E-state index contributed by atoms with van der Waals surface area (Å²) < 4.78 is 0. The van der Waals surface area contributed by atoms with Gasteiger partial charge >= 0.3 is 0 Å². The lowest BCUT2D eigenvalue weighted by Gasteiger charge is -2.41. The van der Waals surface area contributed by atoms with Crippen LogP contribution in [-0.4, -0.2) is 26.3 Å². The van der Waals surface area contributed by atoms with Crippen LogP contribution in [0, 0.1) is 0 Å². The van der Waals surface area contributed by atoms with Gasteiger partial charge in [0.05, 0.1) is 4.83 Å².